The van der Waals surface area contributed by atoms with Crippen molar-refractivity contribution < 1.29 is 28.6 Å². The van der Waals surface area contributed by atoms with Crippen molar-refractivity contribution in [2.24, 2.45) is 0 Å². The summed E-state index contributed by atoms with van der Waals surface area (Å²) in [7, 11) is 0. The van der Waals surface area contributed by atoms with Crippen molar-refractivity contribution in [3.63, 3.8) is 0 Å². The fourth-order valence-electron chi connectivity index (χ4n) is 9.51. The maximum atomic E-state index is 13.0. The van der Waals surface area contributed by atoms with Gasteiger partial charge in [-0.25, -0.2) is 0 Å². The smallest absolute Gasteiger partial charge is 0.306 e. The molecular weight excluding hydrogens is 1010 g/mol. The molecule has 0 saturated heterocycles. The molecule has 6 nitrogen and oxygen atoms in total. The topological polar surface area (TPSA) is 78.9 Å². The first kappa shape index (κ1) is 77.8. The zero-order valence-corrected chi connectivity index (χ0v) is 53.7. The van der Waals surface area contributed by atoms with Crippen LogP contribution in [0.2, 0.25) is 0 Å². The van der Waals surface area contributed by atoms with Crippen LogP contribution in [0.5, 0.6) is 0 Å². The summed E-state index contributed by atoms with van der Waals surface area (Å²) in [6, 6.07) is 0. The number of hydrogen-bond acceptors (Lipinski definition) is 6. The summed E-state index contributed by atoms with van der Waals surface area (Å²) in [5.41, 5.74) is 0. The van der Waals surface area contributed by atoms with Crippen molar-refractivity contribution in [1.29, 1.82) is 0 Å². The van der Waals surface area contributed by atoms with Gasteiger partial charge >= 0.3 is 17.9 Å². The van der Waals surface area contributed by atoms with E-state index in [1.54, 1.807) is 0 Å². The van der Waals surface area contributed by atoms with Crippen molar-refractivity contribution in [3.05, 3.63) is 122 Å². The van der Waals surface area contributed by atoms with Gasteiger partial charge in [0.1, 0.15) is 13.2 Å². The van der Waals surface area contributed by atoms with Crippen LogP contribution in [0.3, 0.4) is 0 Å². The summed E-state index contributed by atoms with van der Waals surface area (Å²) in [4.78, 5) is 38.5. The molecule has 0 aliphatic rings. The van der Waals surface area contributed by atoms with E-state index in [9.17, 15) is 14.4 Å². The number of esters is 3. The van der Waals surface area contributed by atoms with Gasteiger partial charge in [-0.1, -0.05) is 290 Å². The lowest BCUT2D eigenvalue weighted by Gasteiger charge is -2.18. The molecule has 0 aromatic carbocycles. The minimum absolute atomic E-state index is 0.0925. The minimum atomic E-state index is -0.800. The van der Waals surface area contributed by atoms with Crippen molar-refractivity contribution in [2.75, 3.05) is 13.2 Å². The van der Waals surface area contributed by atoms with E-state index in [0.29, 0.717) is 19.3 Å². The molecule has 0 radical (unpaired) electrons. The zero-order chi connectivity index (χ0) is 59.2. The van der Waals surface area contributed by atoms with Gasteiger partial charge in [-0.05, 0) is 135 Å². The van der Waals surface area contributed by atoms with Crippen LogP contribution >= 0.6 is 0 Å². The van der Waals surface area contributed by atoms with E-state index in [1.165, 1.54) is 148 Å². The first-order valence-corrected chi connectivity index (χ1v) is 34.5. The fourth-order valence-corrected chi connectivity index (χ4v) is 9.51. The number of unbranched alkanes of at least 4 members (excludes halogenated alkanes) is 31. The molecule has 468 valence electrons. The predicted octanol–water partition coefficient (Wildman–Crippen LogP) is 23.9. The van der Waals surface area contributed by atoms with Gasteiger partial charge in [-0.15, -0.1) is 0 Å². The Morgan fingerprint density at radius 2 is 0.476 bits per heavy atom. The third-order valence-electron chi connectivity index (χ3n) is 14.7. The molecule has 0 N–H and O–H groups in total. The summed E-state index contributed by atoms with van der Waals surface area (Å²) in [6.45, 7) is 6.50. The standard InChI is InChI=1S/C76H128O6/c1-4-7-10-13-16-19-22-25-28-31-34-36-37-38-39-41-42-45-48-51-54-57-60-63-66-69-75(78)81-72-73(71-80-74(77)68-65-62-59-56-53-50-47-44-33-30-27-24-21-18-15-12-9-6-3)82-76(79)70-67-64-61-58-55-52-49-46-43-40-35-32-29-26-23-20-17-14-11-8-5-2/h8,11,17,20-22,24-26,29-31,33-35,37-38,40,46,49,73H,4-7,9-10,12-16,18-19,23,27-28,32,36,39,41-45,47-48,50-72H2,1-3H3/b11-8-,20-17-,24-21-,25-22-,29-26-,33-30-,34-31-,38-37-,40-35-,49-46-. The highest BCUT2D eigenvalue weighted by Crippen LogP contribution is 2.16. The van der Waals surface area contributed by atoms with E-state index in [4.69, 9.17) is 14.2 Å². The molecular formula is C76H128O6. The highest BCUT2D eigenvalue weighted by molar-refractivity contribution is 5.71. The number of carbonyl (C=O) groups excluding carboxylic acids is 3. The molecule has 0 saturated carbocycles. The lowest BCUT2D eigenvalue weighted by Crippen LogP contribution is -2.30. The molecule has 0 bridgehead atoms. The van der Waals surface area contributed by atoms with E-state index in [2.05, 4.69) is 142 Å². The number of allylic oxidation sites excluding steroid dienone is 20. The van der Waals surface area contributed by atoms with Crippen LogP contribution in [0, 0.1) is 0 Å². The molecule has 1 unspecified atom stereocenters. The molecule has 1 atom stereocenters. The molecule has 0 aromatic heterocycles. The lowest BCUT2D eigenvalue weighted by atomic mass is 10.1. The third kappa shape index (κ3) is 66.6. The van der Waals surface area contributed by atoms with Gasteiger partial charge < -0.3 is 14.2 Å². The van der Waals surface area contributed by atoms with Crippen LogP contribution in [0.15, 0.2) is 122 Å². The van der Waals surface area contributed by atoms with Gasteiger partial charge in [0.25, 0.3) is 0 Å². The van der Waals surface area contributed by atoms with E-state index in [1.807, 2.05) is 0 Å². The zero-order valence-electron chi connectivity index (χ0n) is 53.7. The molecule has 0 amide bonds. The van der Waals surface area contributed by atoms with Crippen LogP contribution in [0.1, 0.15) is 323 Å². The third-order valence-corrected chi connectivity index (χ3v) is 14.7. The second-order valence-electron chi connectivity index (χ2n) is 22.7. The molecule has 82 heavy (non-hydrogen) atoms. The summed E-state index contributed by atoms with van der Waals surface area (Å²) in [5.74, 6) is -0.914. The molecule has 0 rings (SSSR count). The Hall–Kier alpha value is -4.19. The Morgan fingerprint density at radius 1 is 0.256 bits per heavy atom. The summed E-state index contributed by atoms with van der Waals surface area (Å²) >= 11 is 0. The Labute approximate surface area is 507 Å². The Balaban J connectivity index is 4.43. The van der Waals surface area contributed by atoms with Crippen molar-refractivity contribution in [2.45, 2.75) is 329 Å². The molecule has 0 spiro atoms. The molecule has 0 aliphatic heterocycles. The normalized spacial score (nSPS) is 12.9. The second-order valence-corrected chi connectivity index (χ2v) is 22.7. The van der Waals surface area contributed by atoms with Gasteiger partial charge in [0, 0.05) is 19.3 Å². The van der Waals surface area contributed by atoms with Gasteiger partial charge in [-0.2, -0.15) is 0 Å². The number of hydrogen-bond donors (Lipinski definition) is 0. The van der Waals surface area contributed by atoms with Crippen LogP contribution in [0.25, 0.3) is 0 Å². The van der Waals surface area contributed by atoms with E-state index >= 15 is 0 Å². The summed E-state index contributed by atoms with van der Waals surface area (Å²) < 4.78 is 17.0. The SMILES string of the molecule is CC/C=C\C/C=C\C/C=C\C/C=C\C/C=C\CCCCCCCC(=O)OC(COC(=O)CCCCCCCCC/C=C\C/C=C\CCCCCC)COC(=O)CCCCCCCCCCCC/C=C\C/C=C\C/C=C\CCCCCCC. The van der Waals surface area contributed by atoms with Gasteiger partial charge in [-0.3, -0.25) is 14.4 Å². The van der Waals surface area contributed by atoms with Crippen LogP contribution in [-0.4, -0.2) is 37.2 Å². The number of rotatable bonds is 62. The van der Waals surface area contributed by atoms with E-state index < -0.39 is 6.10 Å². The Kier molecular flexibility index (Phi) is 65.8. The first-order chi connectivity index (χ1) is 40.5. The molecule has 0 aromatic rings. The summed E-state index contributed by atoms with van der Waals surface area (Å²) in [5, 5.41) is 0. The molecule has 6 heteroatoms. The highest BCUT2D eigenvalue weighted by atomic mass is 16.6. The van der Waals surface area contributed by atoms with Crippen molar-refractivity contribution in [3.8, 4) is 0 Å². The second kappa shape index (κ2) is 69.3. The van der Waals surface area contributed by atoms with E-state index in [-0.39, 0.29) is 31.1 Å². The number of ether oxygens (including phenoxy) is 3. The Morgan fingerprint density at radius 3 is 0.756 bits per heavy atom. The maximum absolute atomic E-state index is 13.0. The van der Waals surface area contributed by atoms with Crippen LogP contribution in [0.4, 0.5) is 0 Å². The van der Waals surface area contributed by atoms with Gasteiger partial charge in [0.15, 0.2) is 6.10 Å². The van der Waals surface area contributed by atoms with Crippen LogP contribution < -0.4 is 0 Å². The van der Waals surface area contributed by atoms with Gasteiger partial charge in [0.05, 0.1) is 0 Å². The summed E-state index contributed by atoms with van der Waals surface area (Å²) in [6.07, 6.45) is 96.3. The van der Waals surface area contributed by atoms with E-state index in [0.717, 1.165) is 135 Å². The average molecular weight is 1140 g/mol. The predicted molar refractivity (Wildman–Crippen MR) is 357 cm³/mol. The fraction of sp³-hybridized carbons (Fsp3) is 0.697. The monoisotopic (exact) mass is 1140 g/mol. The number of carbonyl (C=O) groups is 3. The van der Waals surface area contributed by atoms with Crippen molar-refractivity contribution in [1.82, 2.24) is 0 Å². The lowest BCUT2D eigenvalue weighted by molar-refractivity contribution is -0.167. The average Bonchev–Trinajstić information content (AvgIpc) is 3.47. The quantitative estimate of drug-likeness (QED) is 0.0261. The largest absolute Gasteiger partial charge is 0.462 e. The highest BCUT2D eigenvalue weighted by Gasteiger charge is 2.19. The first-order valence-electron chi connectivity index (χ1n) is 34.5. The van der Waals surface area contributed by atoms with Crippen molar-refractivity contribution >= 4 is 17.9 Å². The van der Waals surface area contributed by atoms with Crippen LogP contribution in [-0.2, 0) is 28.6 Å². The van der Waals surface area contributed by atoms with Gasteiger partial charge in [0.2, 0.25) is 0 Å². The maximum Gasteiger partial charge on any atom is 0.306 e. The minimum Gasteiger partial charge on any atom is -0.462 e. The Bertz CT molecular complexity index is 1690. The molecule has 0 heterocycles. The molecule has 0 aliphatic carbocycles. The molecule has 0 fully saturated rings.